The highest BCUT2D eigenvalue weighted by molar-refractivity contribution is 5.87. The van der Waals surface area contributed by atoms with Gasteiger partial charge in [0.2, 0.25) is 0 Å². The quantitative estimate of drug-likeness (QED) is 0.655. The van der Waals surface area contributed by atoms with Crippen LogP contribution in [0.2, 0.25) is 0 Å². The third-order valence-electron chi connectivity index (χ3n) is 5.03. The van der Waals surface area contributed by atoms with Gasteiger partial charge in [0.1, 0.15) is 29.4 Å². The van der Waals surface area contributed by atoms with E-state index in [4.69, 9.17) is 10.5 Å². The Labute approximate surface area is 194 Å². The SMILES string of the molecule is CC(C)(C)OC(=O)Nc1cc(C2CCCN(c3ncnc(N)c3C#N)C2)ccc1OC(F)(F)F. The van der Waals surface area contributed by atoms with Gasteiger partial charge in [-0.25, -0.2) is 14.8 Å². The number of nitrogens with zero attached hydrogens (tertiary/aromatic N) is 4. The summed E-state index contributed by atoms with van der Waals surface area (Å²) in [6.07, 6.45) is -3.08. The van der Waals surface area contributed by atoms with Crippen LogP contribution in [0.1, 0.15) is 50.7 Å². The minimum atomic E-state index is -4.94. The molecule has 1 aromatic carbocycles. The fraction of sp³-hybridized carbons (Fsp3) is 0.455. The average Bonchev–Trinajstić information content (AvgIpc) is 2.72. The van der Waals surface area contributed by atoms with Gasteiger partial charge in [0.25, 0.3) is 0 Å². The Hall–Kier alpha value is -3.75. The normalized spacial score (nSPS) is 16.5. The number of amides is 1. The molecule has 1 aliphatic rings. The summed E-state index contributed by atoms with van der Waals surface area (Å²) in [7, 11) is 0. The van der Waals surface area contributed by atoms with Crippen molar-refractivity contribution in [2.75, 3.05) is 29.0 Å². The highest BCUT2D eigenvalue weighted by Gasteiger charge is 2.33. The van der Waals surface area contributed by atoms with Crippen molar-refractivity contribution in [2.45, 2.75) is 51.5 Å². The molecule has 3 rings (SSSR count). The molecule has 0 bridgehead atoms. The van der Waals surface area contributed by atoms with Crippen LogP contribution >= 0.6 is 0 Å². The predicted molar refractivity (Wildman–Crippen MR) is 118 cm³/mol. The monoisotopic (exact) mass is 478 g/mol. The number of anilines is 3. The summed E-state index contributed by atoms with van der Waals surface area (Å²) < 4.78 is 48.0. The van der Waals surface area contributed by atoms with Gasteiger partial charge in [-0.2, -0.15) is 5.26 Å². The van der Waals surface area contributed by atoms with E-state index < -0.39 is 23.8 Å². The number of nitriles is 1. The van der Waals surface area contributed by atoms with E-state index in [1.54, 1.807) is 20.8 Å². The number of carbonyl (C=O) groups is 1. The molecular weight excluding hydrogens is 453 g/mol. The van der Waals surface area contributed by atoms with E-state index in [9.17, 15) is 23.2 Å². The molecule has 182 valence electrons. The van der Waals surface area contributed by atoms with Crippen molar-refractivity contribution < 1.29 is 27.4 Å². The summed E-state index contributed by atoms with van der Waals surface area (Å²) in [5, 5.41) is 11.8. The number of hydrogen-bond acceptors (Lipinski definition) is 8. The highest BCUT2D eigenvalue weighted by atomic mass is 19.4. The van der Waals surface area contributed by atoms with Crippen molar-refractivity contribution in [2.24, 2.45) is 0 Å². The van der Waals surface area contributed by atoms with Crippen molar-refractivity contribution in [3.8, 4) is 11.8 Å². The molecule has 0 saturated carbocycles. The Morgan fingerprint density at radius 2 is 2.03 bits per heavy atom. The van der Waals surface area contributed by atoms with E-state index in [0.29, 0.717) is 24.5 Å². The van der Waals surface area contributed by atoms with E-state index in [0.717, 1.165) is 18.9 Å². The third-order valence-corrected chi connectivity index (χ3v) is 5.03. The smallest absolute Gasteiger partial charge is 0.444 e. The van der Waals surface area contributed by atoms with Crippen LogP contribution in [-0.4, -0.2) is 41.1 Å². The number of aromatic nitrogens is 2. The molecule has 1 unspecified atom stereocenters. The van der Waals surface area contributed by atoms with E-state index in [2.05, 4.69) is 20.0 Å². The maximum atomic E-state index is 12.9. The summed E-state index contributed by atoms with van der Waals surface area (Å²) in [6, 6.07) is 6.15. The van der Waals surface area contributed by atoms with Crippen LogP contribution in [0.25, 0.3) is 0 Å². The summed E-state index contributed by atoms with van der Waals surface area (Å²) in [5.74, 6) is -0.184. The van der Waals surface area contributed by atoms with Gasteiger partial charge in [-0.05, 0) is 51.3 Å². The molecule has 1 saturated heterocycles. The summed E-state index contributed by atoms with van der Waals surface area (Å²) in [6.45, 7) is 5.99. The van der Waals surface area contributed by atoms with Crippen LogP contribution in [-0.2, 0) is 4.74 Å². The number of carbonyl (C=O) groups excluding carboxylic acids is 1. The first-order chi connectivity index (χ1) is 15.9. The van der Waals surface area contributed by atoms with Crippen LogP contribution in [0, 0.1) is 11.3 Å². The molecule has 0 spiro atoms. The topological polar surface area (TPSA) is 126 Å². The second kappa shape index (κ2) is 9.62. The van der Waals surface area contributed by atoms with Crippen molar-refractivity contribution in [3.63, 3.8) is 0 Å². The van der Waals surface area contributed by atoms with Crippen LogP contribution in [0.3, 0.4) is 0 Å². The van der Waals surface area contributed by atoms with Crippen LogP contribution in [0.5, 0.6) is 5.75 Å². The number of nitrogen functional groups attached to an aromatic ring is 1. The fourth-order valence-electron chi connectivity index (χ4n) is 3.70. The van der Waals surface area contributed by atoms with Gasteiger partial charge in [0, 0.05) is 19.0 Å². The zero-order valence-electron chi connectivity index (χ0n) is 18.9. The van der Waals surface area contributed by atoms with Crippen molar-refractivity contribution in [1.82, 2.24) is 9.97 Å². The first-order valence-electron chi connectivity index (χ1n) is 10.5. The molecule has 0 radical (unpaired) electrons. The standard InChI is InChI=1S/C22H25F3N6O3/c1-21(2,3)34-20(32)30-16-9-13(6-7-17(16)33-22(23,24)25)14-5-4-8-31(11-14)19-15(10-26)18(27)28-12-29-19/h6-7,9,12,14H,4-5,8,11H2,1-3H3,(H,30,32)(H2,27,28,29). The number of nitrogens with one attached hydrogen (secondary N) is 1. The Bertz CT molecular complexity index is 1090. The van der Waals surface area contributed by atoms with Gasteiger partial charge >= 0.3 is 12.5 Å². The van der Waals surface area contributed by atoms with E-state index in [1.165, 1.54) is 18.5 Å². The van der Waals surface area contributed by atoms with Crippen molar-refractivity contribution >= 4 is 23.4 Å². The fourth-order valence-corrected chi connectivity index (χ4v) is 3.70. The molecule has 1 amide bonds. The molecule has 9 nitrogen and oxygen atoms in total. The molecule has 1 aromatic heterocycles. The molecule has 1 atom stereocenters. The predicted octanol–water partition coefficient (Wildman–Crippen LogP) is 4.56. The van der Waals surface area contributed by atoms with Crippen LogP contribution in [0.4, 0.5) is 35.3 Å². The van der Waals surface area contributed by atoms with Crippen LogP contribution in [0.15, 0.2) is 24.5 Å². The van der Waals surface area contributed by atoms with Crippen molar-refractivity contribution in [3.05, 3.63) is 35.7 Å². The number of nitrogens with two attached hydrogens (primary N) is 1. The number of hydrogen-bond donors (Lipinski definition) is 2. The first-order valence-corrected chi connectivity index (χ1v) is 10.5. The number of ether oxygens (including phenoxy) is 2. The van der Waals surface area contributed by atoms with E-state index >= 15 is 0 Å². The Morgan fingerprint density at radius 1 is 1.29 bits per heavy atom. The lowest BCUT2D eigenvalue weighted by molar-refractivity contribution is -0.274. The summed E-state index contributed by atoms with van der Waals surface area (Å²) in [4.78, 5) is 22.2. The van der Waals surface area contributed by atoms with Crippen LogP contribution < -0.4 is 20.7 Å². The lowest BCUT2D eigenvalue weighted by Gasteiger charge is -2.34. The summed E-state index contributed by atoms with van der Waals surface area (Å²) in [5.41, 5.74) is 5.66. The van der Waals surface area contributed by atoms with Gasteiger partial charge < -0.3 is 20.1 Å². The van der Waals surface area contributed by atoms with Gasteiger partial charge in [0.05, 0.1) is 5.69 Å². The number of rotatable bonds is 4. The molecule has 1 fully saturated rings. The Kier molecular flexibility index (Phi) is 7.04. The average molecular weight is 478 g/mol. The van der Waals surface area contributed by atoms with E-state index in [1.807, 2.05) is 11.0 Å². The second-order valence-corrected chi connectivity index (χ2v) is 8.78. The lowest BCUT2D eigenvalue weighted by atomic mass is 9.90. The Balaban J connectivity index is 1.89. The lowest BCUT2D eigenvalue weighted by Crippen LogP contribution is -2.35. The zero-order chi connectivity index (χ0) is 25.1. The minimum Gasteiger partial charge on any atom is -0.444 e. The highest BCUT2D eigenvalue weighted by Crippen LogP contribution is 2.37. The molecular formula is C22H25F3N6O3. The van der Waals surface area contributed by atoms with Gasteiger partial charge in [-0.15, -0.1) is 13.2 Å². The largest absolute Gasteiger partial charge is 0.573 e. The molecule has 34 heavy (non-hydrogen) atoms. The number of alkyl halides is 3. The molecule has 1 aliphatic heterocycles. The third kappa shape index (κ3) is 6.40. The number of piperidine rings is 1. The number of benzene rings is 1. The number of halogens is 3. The molecule has 2 heterocycles. The second-order valence-electron chi connectivity index (χ2n) is 8.78. The molecule has 3 N–H and O–H groups in total. The molecule has 12 heteroatoms. The van der Waals surface area contributed by atoms with Gasteiger partial charge in [-0.1, -0.05) is 6.07 Å². The summed E-state index contributed by atoms with van der Waals surface area (Å²) >= 11 is 0. The minimum absolute atomic E-state index is 0.0760. The first kappa shape index (κ1) is 24.9. The van der Waals surface area contributed by atoms with E-state index in [-0.39, 0.29) is 23.0 Å². The Morgan fingerprint density at radius 3 is 2.68 bits per heavy atom. The van der Waals surface area contributed by atoms with Gasteiger partial charge in [-0.3, -0.25) is 5.32 Å². The maximum absolute atomic E-state index is 12.9. The molecule has 0 aliphatic carbocycles. The molecule has 2 aromatic rings. The van der Waals surface area contributed by atoms with Gasteiger partial charge in [0.15, 0.2) is 11.6 Å². The maximum Gasteiger partial charge on any atom is 0.573 e. The zero-order valence-corrected chi connectivity index (χ0v) is 18.9. The van der Waals surface area contributed by atoms with Crippen molar-refractivity contribution in [1.29, 1.82) is 5.26 Å².